The van der Waals surface area contributed by atoms with Crippen LogP contribution < -0.4 is 4.74 Å². The lowest BCUT2D eigenvalue weighted by molar-refractivity contribution is 0.112. The van der Waals surface area contributed by atoms with Crippen LogP contribution >= 0.6 is 0 Å². The number of halogens is 2. The van der Waals surface area contributed by atoms with Gasteiger partial charge < -0.3 is 4.74 Å². The van der Waals surface area contributed by atoms with E-state index in [1.54, 1.807) is 18.3 Å². The van der Waals surface area contributed by atoms with Gasteiger partial charge in [0.25, 0.3) is 0 Å². The number of ether oxygens (including phenoxy) is 1. The second kappa shape index (κ2) is 6.39. The monoisotopic (exact) mass is 330 g/mol. The van der Waals surface area contributed by atoms with Gasteiger partial charge in [0.2, 0.25) is 0 Å². The number of rotatable bonds is 5. The maximum Gasteiger partial charge on any atom is 0.168 e. The summed E-state index contributed by atoms with van der Waals surface area (Å²) >= 11 is 0. The van der Waals surface area contributed by atoms with Crippen molar-refractivity contribution in [3.8, 4) is 11.5 Å². The Morgan fingerprint density at radius 3 is 2.67 bits per heavy atom. The Labute approximate surface area is 137 Å². The van der Waals surface area contributed by atoms with Gasteiger partial charge in [0, 0.05) is 18.0 Å². The summed E-state index contributed by atoms with van der Waals surface area (Å²) < 4.78 is 34.0. The van der Waals surface area contributed by atoms with E-state index >= 15 is 0 Å². The van der Waals surface area contributed by atoms with Crippen LogP contribution in [0.4, 0.5) is 8.78 Å². The minimum atomic E-state index is -0.831. The molecule has 124 valence electrons. The van der Waals surface area contributed by atoms with Crippen molar-refractivity contribution in [2.75, 3.05) is 0 Å². The molecule has 1 heterocycles. The molecule has 0 bridgehead atoms. The molecule has 3 aromatic rings. The molecule has 0 aliphatic carbocycles. The number of carbonyl (C=O) groups is 1. The molecule has 6 heteroatoms. The minimum Gasteiger partial charge on any atom is -0.454 e. The van der Waals surface area contributed by atoms with Crippen LogP contribution in [0.2, 0.25) is 0 Å². The topological polar surface area (TPSA) is 44.1 Å². The number of aldehydes is 1. The zero-order chi connectivity index (χ0) is 17.3. The van der Waals surface area contributed by atoms with Crippen LogP contribution in [-0.2, 0) is 6.54 Å². The average Bonchev–Trinajstić information content (AvgIpc) is 2.90. The molecule has 0 aliphatic rings. The van der Waals surface area contributed by atoms with Crippen LogP contribution in [-0.4, -0.2) is 16.1 Å². The second-order valence-corrected chi connectivity index (χ2v) is 5.96. The van der Waals surface area contributed by atoms with Crippen molar-refractivity contribution < 1.29 is 18.3 Å². The smallest absolute Gasteiger partial charge is 0.168 e. The zero-order valence-electron chi connectivity index (χ0n) is 13.3. The molecule has 0 fully saturated rings. The molecule has 3 rings (SSSR count). The second-order valence-electron chi connectivity index (χ2n) is 5.96. The fourth-order valence-electron chi connectivity index (χ4n) is 2.47. The quantitative estimate of drug-likeness (QED) is 0.643. The van der Waals surface area contributed by atoms with Crippen molar-refractivity contribution in [2.45, 2.75) is 20.4 Å². The molecular formula is C18H16F2N2O2. The Bertz CT molecular complexity index is 903. The Kier molecular flexibility index (Phi) is 4.29. The molecule has 0 radical (unpaired) electrons. The Balaban J connectivity index is 2.03. The Morgan fingerprint density at radius 2 is 2.00 bits per heavy atom. The molecule has 0 saturated heterocycles. The van der Waals surface area contributed by atoms with Crippen molar-refractivity contribution in [2.24, 2.45) is 5.92 Å². The number of aromatic nitrogens is 2. The van der Waals surface area contributed by atoms with Crippen LogP contribution in [0, 0.1) is 17.6 Å². The molecule has 0 amide bonds. The standard InChI is InChI=1S/C18H16F2N2O2/c1-11(2)9-22-16-5-13(10-23)18(6-12(16)8-21-22)24-17-4-3-14(19)7-15(17)20/h3-8,10-11H,9H2,1-2H3. The van der Waals surface area contributed by atoms with Crippen LogP contribution in [0.5, 0.6) is 11.5 Å². The summed E-state index contributed by atoms with van der Waals surface area (Å²) in [6.07, 6.45) is 2.31. The molecule has 0 atom stereocenters. The third-order valence-corrected chi connectivity index (χ3v) is 3.55. The van der Waals surface area contributed by atoms with E-state index in [0.717, 1.165) is 23.0 Å². The summed E-state index contributed by atoms with van der Waals surface area (Å²) in [6, 6.07) is 6.30. The highest BCUT2D eigenvalue weighted by atomic mass is 19.1. The van der Waals surface area contributed by atoms with Gasteiger partial charge in [0.15, 0.2) is 17.9 Å². The van der Waals surface area contributed by atoms with E-state index < -0.39 is 11.6 Å². The predicted molar refractivity (Wildman–Crippen MR) is 86.4 cm³/mol. The fourth-order valence-corrected chi connectivity index (χ4v) is 2.47. The van der Waals surface area contributed by atoms with Gasteiger partial charge in [-0.15, -0.1) is 0 Å². The highest BCUT2D eigenvalue weighted by Gasteiger charge is 2.13. The molecule has 24 heavy (non-hydrogen) atoms. The third kappa shape index (κ3) is 3.13. The van der Waals surface area contributed by atoms with Crippen molar-refractivity contribution in [3.05, 3.63) is 53.7 Å². The Morgan fingerprint density at radius 1 is 1.21 bits per heavy atom. The van der Waals surface area contributed by atoms with Gasteiger partial charge in [-0.25, -0.2) is 8.78 Å². The lowest BCUT2D eigenvalue weighted by atomic mass is 10.1. The summed E-state index contributed by atoms with van der Waals surface area (Å²) in [5.41, 5.74) is 1.08. The fraction of sp³-hybridized carbons (Fsp3) is 0.222. The van der Waals surface area contributed by atoms with Crippen LogP contribution in [0.3, 0.4) is 0 Å². The van der Waals surface area contributed by atoms with Gasteiger partial charge in [-0.05, 0) is 30.2 Å². The number of nitrogens with zero attached hydrogens (tertiary/aromatic N) is 2. The largest absolute Gasteiger partial charge is 0.454 e. The average molecular weight is 330 g/mol. The number of carbonyl (C=O) groups excluding carboxylic acids is 1. The van der Waals surface area contributed by atoms with E-state index in [2.05, 4.69) is 18.9 Å². The van der Waals surface area contributed by atoms with Crippen molar-refractivity contribution in [3.63, 3.8) is 0 Å². The maximum atomic E-state index is 13.8. The molecule has 0 unspecified atom stereocenters. The SMILES string of the molecule is CC(C)Cn1ncc2cc(Oc3ccc(F)cc3F)c(C=O)cc21. The summed E-state index contributed by atoms with van der Waals surface area (Å²) in [5, 5.41) is 5.09. The van der Waals surface area contributed by atoms with E-state index in [0.29, 0.717) is 18.7 Å². The van der Waals surface area contributed by atoms with Gasteiger partial charge in [-0.1, -0.05) is 13.8 Å². The highest BCUT2D eigenvalue weighted by molar-refractivity contribution is 5.90. The number of hydrogen-bond donors (Lipinski definition) is 0. The summed E-state index contributed by atoms with van der Waals surface area (Å²) in [5.74, 6) is -1.07. The third-order valence-electron chi connectivity index (χ3n) is 3.55. The van der Waals surface area contributed by atoms with E-state index in [9.17, 15) is 13.6 Å². The van der Waals surface area contributed by atoms with Gasteiger partial charge in [-0.3, -0.25) is 9.48 Å². The first kappa shape index (κ1) is 16.1. The first-order valence-corrected chi connectivity index (χ1v) is 7.55. The molecule has 0 aliphatic heterocycles. The van der Waals surface area contributed by atoms with E-state index in [1.165, 1.54) is 6.07 Å². The molecule has 2 aromatic carbocycles. The van der Waals surface area contributed by atoms with Crippen molar-refractivity contribution >= 4 is 17.2 Å². The lowest BCUT2D eigenvalue weighted by Gasteiger charge is -2.11. The summed E-state index contributed by atoms with van der Waals surface area (Å²) in [7, 11) is 0. The molecule has 0 saturated carbocycles. The first-order valence-electron chi connectivity index (χ1n) is 7.55. The minimum absolute atomic E-state index is 0.145. The predicted octanol–water partition coefficient (Wildman–Crippen LogP) is 4.58. The highest BCUT2D eigenvalue weighted by Crippen LogP contribution is 2.31. The van der Waals surface area contributed by atoms with Crippen LogP contribution in [0.15, 0.2) is 36.5 Å². The zero-order valence-corrected chi connectivity index (χ0v) is 13.3. The molecule has 0 spiro atoms. The van der Waals surface area contributed by atoms with E-state index in [4.69, 9.17) is 4.74 Å². The van der Waals surface area contributed by atoms with Gasteiger partial charge >= 0.3 is 0 Å². The Hall–Kier alpha value is -2.76. The van der Waals surface area contributed by atoms with Crippen molar-refractivity contribution in [1.29, 1.82) is 0 Å². The molecule has 4 nitrogen and oxygen atoms in total. The van der Waals surface area contributed by atoms with Gasteiger partial charge in [0.05, 0.1) is 17.3 Å². The molecule has 0 N–H and O–H groups in total. The number of hydrogen-bond acceptors (Lipinski definition) is 3. The summed E-state index contributed by atoms with van der Waals surface area (Å²) in [6.45, 7) is 4.86. The van der Waals surface area contributed by atoms with Gasteiger partial charge in [0.1, 0.15) is 11.6 Å². The molecular weight excluding hydrogens is 314 g/mol. The number of benzene rings is 2. The molecule has 1 aromatic heterocycles. The normalized spacial score (nSPS) is 11.2. The van der Waals surface area contributed by atoms with Crippen LogP contribution in [0.25, 0.3) is 10.9 Å². The van der Waals surface area contributed by atoms with Gasteiger partial charge in [-0.2, -0.15) is 5.10 Å². The first-order chi connectivity index (χ1) is 11.5. The number of fused-ring (bicyclic) bond motifs is 1. The summed E-state index contributed by atoms with van der Waals surface area (Å²) in [4.78, 5) is 11.4. The van der Waals surface area contributed by atoms with E-state index in [-0.39, 0.29) is 17.1 Å². The van der Waals surface area contributed by atoms with E-state index in [1.807, 2.05) is 4.68 Å². The van der Waals surface area contributed by atoms with Crippen LogP contribution in [0.1, 0.15) is 24.2 Å². The van der Waals surface area contributed by atoms with Crippen molar-refractivity contribution in [1.82, 2.24) is 9.78 Å². The maximum absolute atomic E-state index is 13.8. The lowest BCUT2D eigenvalue weighted by Crippen LogP contribution is -2.05.